The van der Waals surface area contributed by atoms with Crippen molar-refractivity contribution in [2.45, 2.75) is 102 Å². The molecule has 5 nitrogen and oxygen atoms in total. The van der Waals surface area contributed by atoms with Gasteiger partial charge in [0.25, 0.3) is 0 Å². The zero-order chi connectivity index (χ0) is 24.9. The minimum absolute atomic E-state index is 0.0268. The van der Waals surface area contributed by atoms with Crippen LogP contribution in [0.25, 0.3) is 0 Å². The second kappa shape index (κ2) is 8.14. The van der Waals surface area contributed by atoms with Crippen molar-refractivity contribution in [3.63, 3.8) is 0 Å². The second-order valence-electron chi connectivity index (χ2n) is 13.2. The van der Waals surface area contributed by atoms with Gasteiger partial charge in [-0.25, -0.2) is 0 Å². The van der Waals surface area contributed by atoms with Crippen LogP contribution in [0.1, 0.15) is 79.6 Å². The van der Waals surface area contributed by atoms with E-state index in [1.165, 1.54) is 12.5 Å². The fourth-order valence-corrected chi connectivity index (χ4v) is 11.0. The molecule has 6 aliphatic rings. The van der Waals surface area contributed by atoms with Gasteiger partial charge in [0.1, 0.15) is 6.10 Å². The summed E-state index contributed by atoms with van der Waals surface area (Å²) in [5, 5.41) is 0. The molecule has 2 heterocycles. The van der Waals surface area contributed by atoms with Crippen LogP contribution in [-0.4, -0.2) is 41.2 Å². The van der Waals surface area contributed by atoms with E-state index in [9.17, 15) is 9.59 Å². The average Bonchev–Trinajstić information content (AvgIpc) is 3.24. The first-order valence-corrected chi connectivity index (χ1v) is 14.8. The number of hydrogen-bond donors (Lipinski definition) is 0. The summed E-state index contributed by atoms with van der Waals surface area (Å²) in [7, 11) is 0. The molecule has 0 N–H and O–H groups in total. The molecule has 6 rings (SSSR count). The second-order valence-corrected chi connectivity index (χ2v) is 14.3. The minimum Gasteiger partial charge on any atom is -0.463 e. The van der Waals surface area contributed by atoms with Gasteiger partial charge >= 0.3 is 5.97 Å². The van der Waals surface area contributed by atoms with E-state index in [2.05, 4.69) is 49.7 Å². The molecule has 0 aromatic rings. The summed E-state index contributed by atoms with van der Waals surface area (Å²) in [5.41, 5.74) is 1.04. The van der Waals surface area contributed by atoms with E-state index in [4.69, 9.17) is 14.2 Å². The highest BCUT2D eigenvalue weighted by Gasteiger charge is 2.71. The lowest BCUT2D eigenvalue weighted by Crippen LogP contribution is -2.56. The Hall–Kier alpha value is -0.720. The quantitative estimate of drug-likeness (QED) is 0.304. The fraction of sp³-hybridized carbons (Fsp3) is 0.862. The Bertz CT molecular complexity index is 963. The first-order chi connectivity index (χ1) is 16.5. The van der Waals surface area contributed by atoms with Crippen LogP contribution in [0.3, 0.4) is 0 Å². The van der Waals surface area contributed by atoms with Gasteiger partial charge in [-0.1, -0.05) is 49.2 Å². The van der Waals surface area contributed by atoms with Crippen molar-refractivity contribution in [3.05, 3.63) is 11.6 Å². The molecule has 3 saturated carbocycles. The summed E-state index contributed by atoms with van der Waals surface area (Å²) in [6.45, 7) is 11.4. The molecule has 0 aromatic heterocycles. The molecule has 5 fully saturated rings. The van der Waals surface area contributed by atoms with Crippen LogP contribution in [0.5, 0.6) is 0 Å². The van der Waals surface area contributed by atoms with Crippen molar-refractivity contribution in [1.82, 2.24) is 0 Å². The molecule has 194 valence electrons. The standard InChI is InChI=1S/C29H41BrO5/c1-15-10-24(30)29(33-14-15)16(2)26-23(35-29)12-22-20-7-6-18-11-19(34-17(3)31)8-9-27(18,4)21(20)13-25(32)28(22,26)5/h13,15-16,18-20,22-24,26H,6-12,14H2,1-5H3/t15?,16-,18-,19-,20?,22?,23-,24?,26-,27-,28+,29?/m0/s1. The number of alkyl halides is 1. The molecule has 35 heavy (non-hydrogen) atoms. The Morgan fingerprint density at radius 2 is 1.91 bits per heavy atom. The monoisotopic (exact) mass is 548 g/mol. The number of allylic oxidation sites excluding steroid dienone is 2. The van der Waals surface area contributed by atoms with Crippen molar-refractivity contribution in [3.8, 4) is 0 Å². The molecule has 4 aliphatic carbocycles. The van der Waals surface area contributed by atoms with Gasteiger partial charge in [-0.2, -0.15) is 0 Å². The molecule has 0 bridgehead atoms. The van der Waals surface area contributed by atoms with Crippen molar-refractivity contribution in [1.29, 1.82) is 0 Å². The third-order valence-electron chi connectivity index (χ3n) is 11.5. The van der Waals surface area contributed by atoms with Gasteiger partial charge in [-0.05, 0) is 80.1 Å². The minimum atomic E-state index is -0.612. The lowest BCUT2D eigenvalue weighted by atomic mass is 9.48. The number of ketones is 1. The predicted octanol–water partition coefficient (Wildman–Crippen LogP) is 5.84. The van der Waals surface area contributed by atoms with Crippen LogP contribution < -0.4 is 0 Å². The molecule has 0 aromatic carbocycles. The zero-order valence-electron chi connectivity index (χ0n) is 21.8. The molecule has 5 unspecified atom stereocenters. The number of esters is 1. The third-order valence-corrected chi connectivity index (χ3v) is 12.5. The molecule has 0 amide bonds. The summed E-state index contributed by atoms with van der Waals surface area (Å²) in [5.74, 6) is 1.66. The van der Waals surface area contributed by atoms with Gasteiger partial charge < -0.3 is 14.2 Å². The summed E-state index contributed by atoms with van der Waals surface area (Å²) >= 11 is 3.92. The first-order valence-electron chi connectivity index (χ1n) is 13.9. The summed E-state index contributed by atoms with van der Waals surface area (Å²) < 4.78 is 18.9. The van der Waals surface area contributed by atoms with Gasteiger partial charge in [0, 0.05) is 24.2 Å². The first kappa shape index (κ1) is 24.6. The van der Waals surface area contributed by atoms with E-state index >= 15 is 0 Å². The smallest absolute Gasteiger partial charge is 0.302 e. The summed E-state index contributed by atoms with van der Waals surface area (Å²) in [6, 6.07) is 0. The maximum atomic E-state index is 14.1. The molecule has 2 saturated heterocycles. The molecular weight excluding hydrogens is 508 g/mol. The van der Waals surface area contributed by atoms with Gasteiger partial charge in [-0.15, -0.1) is 0 Å². The average molecular weight is 550 g/mol. The van der Waals surface area contributed by atoms with E-state index in [1.54, 1.807) is 0 Å². The van der Waals surface area contributed by atoms with Crippen molar-refractivity contribution >= 4 is 27.7 Å². The zero-order valence-corrected chi connectivity index (χ0v) is 23.4. The summed E-state index contributed by atoms with van der Waals surface area (Å²) in [6.07, 6.45) is 9.26. The van der Waals surface area contributed by atoms with Crippen LogP contribution in [-0.2, 0) is 23.8 Å². The van der Waals surface area contributed by atoms with Gasteiger partial charge in [0.15, 0.2) is 11.6 Å². The Morgan fingerprint density at radius 1 is 1.14 bits per heavy atom. The normalized spacial score (nSPS) is 55.0. The number of fused-ring (bicyclic) bond motifs is 7. The number of carbonyl (C=O) groups is 2. The maximum Gasteiger partial charge on any atom is 0.302 e. The fourth-order valence-electron chi connectivity index (χ4n) is 9.70. The van der Waals surface area contributed by atoms with Crippen LogP contribution in [0.4, 0.5) is 0 Å². The highest BCUT2D eigenvalue weighted by atomic mass is 79.9. The maximum absolute atomic E-state index is 14.1. The lowest BCUT2D eigenvalue weighted by Gasteiger charge is -2.56. The number of halogens is 1. The third kappa shape index (κ3) is 3.30. The molecular formula is C29H41BrO5. The van der Waals surface area contributed by atoms with Crippen LogP contribution in [0.2, 0.25) is 0 Å². The molecule has 6 heteroatoms. The van der Waals surface area contributed by atoms with Gasteiger partial charge in [0.05, 0.1) is 17.5 Å². The Labute approximate surface area is 218 Å². The number of rotatable bonds is 1. The molecule has 1 spiro atoms. The van der Waals surface area contributed by atoms with Crippen molar-refractivity contribution < 1.29 is 23.8 Å². The SMILES string of the molecule is CC(=O)O[C@H]1CC[C@]2(C)C3=CC(=O)[C@@]4(C)C(C[C@@H]5OC6(OCC(C)CC6Br)[C@@H](C)[C@@H]54)C3CC[C@H]2C1. The Morgan fingerprint density at radius 3 is 2.63 bits per heavy atom. The lowest BCUT2D eigenvalue weighted by molar-refractivity contribution is -0.266. The number of carbonyl (C=O) groups excluding carboxylic acids is 2. The van der Waals surface area contributed by atoms with Crippen molar-refractivity contribution in [2.75, 3.05) is 6.61 Å². The van der Waals surface area contributed by atoms with Crippen LogP contribution in [0, 0.1) is 46.3 Å². The topological polar surface area (TPSA) is 61.8 Å². The highest BCUT2D eigenvalue weighted by molar-refractivity contribution is 9.09. The largest absolute Gasteiger partial charge is 0.463 e. The van der Waals surface area contributed by atoms with E-state index in [1.807, 2.05) is 0 Å². The van der Waals surface area contributed by atoms with Crippen molar-refractivity contribution in [2.24, 2.45) is 46.3 Å². The predicted molar refractivity (Wildman–Crippen MR) is 136 cm³/mol. The molecule has 2 aliphatic heterocycles. The highest BCUT2D eigenvalue weighted by Crippen LogP contribution is 2.69. The van der Waals surface area contributed by atoms with Gasteiger partial charge in [0.2, 0.25) is 0 Å². The van der Waals surface area contributed by atoms with Crippen LogP contribution >= 0.6 is 15.9 Å². The Kier molecular flexibility index (Phi) is 5.72. The van der Waals surface area contributed by atoms with E-state index in [-0.39, 0.29) is 45.7 Å². The van der Waals surface area contributed by atoms with E-state index in [0.717, 1.165) is 51.6 Å². The summed E-state index contributed by atoms with van der Waals surface area (Å²) in [4.78, 5) is 25.8. The van der Waals surface area contributed by atoms with Crippen LogP contribution in [0.15, 0.2) is 11.6 Å². The van der Waals surface area contributed by atoms with E-state index in [0.29, 0.717) is 29.5 Å². The number of hydrogen-bond acceptors (Lipinski definition) is 5. The molecule has 0 radical (unpaired) electrons. The van der Waals surface area contributed by atoms with Gasteiger partial charge in [-0.3, -0.25) is 9.59 Å². The Balaban J connectivity index is 1.30. The van der Waals surface area contributed by atoms with E-state index < -0.39 is 5.79 Å². The number of ether oxygens (including phenoxy) is 3. The molecule has 12 atom stereocenters.